The van der Waals surface area contributed by atoms with Crippen molar-refractivity contribution >= 4 is 42.6 Å². The second kappa shape index (κ2) is 9.99. The van der Waals surface area contributed by atoms with Crippen LogP contribution in [-0.2, 0) is 10.0 Å². The largest absolute Gasteiger partial charge is 0.494 e. The Morgan fingerprint density at radius 2 is 1.78 bits per heavy atom. The minimum atomic E-state index is -3.53. The molecule has 1 atom stereocenters. The molecule has 0 saturated carbocycles. The van der Waals surface area contributed by atoms with Crippen LogP contribution in [-0.4, -0.2) is 74.9 Å². The van der Waals surface area contributed by atoms with Gasteiger partial charge in [0.05, 0.1) is 16.7 Å². The fraction of sp³-hybridized carbons (Fsp3) is 0.462. The number of piperazine rings is 1. The number of carbonyl (C=O) groups is 1. The summed E-state index contributed by atoms with van der Waals surface area (Å²) in [5, 5.41) is 0.936. The summed E-state index contributed by atoms with van der Waals surface area (Å²) in [6.45, 7) is 7.79. The van der Waals surface area contributed by atoms with E-state index in [0.29, 0.717) is 50.7 Å². The maximum absolute atomic E-state index is 13.1. The van der Waals surface area contributed by atoms with Crippen LogP contribution < -0.4 is 9.64 Å². The Balaban J connectivity index is 1.24. The molecule has 2 saturated heterocycles. The molecular weight excluding hydrogens is 496 g/mol. The first-order chi connectivity index (χ1) is 17.3. The summed E-state index contributed by atoms with van der Waals surface area (Å²) in [5.74, 6) is 1.06. The van der Waals surface area contributed by atoms with Crippen molar-refractivity contribution in [2.45, 2.75) is 31.6 Å². The number of hydrogen-bond acceptors (Lipinski definition) is 7. The minimum absolute atomic E-state index is 0.0768. The lowest BCUT2D eigenvalue weighted by Gasteiger charge is -2.34. The topological polar surface area (TPSA) is 83.0 Å². The number of anilines is 1. The number of hydrogen-bond donors (Lipinski definition) is 0. The van der Waals surface area contributed by atoms with Crippen LogP contribution in [0.15, 0.2) is 41.3 Å². The van der Waals surface area contributed by atoms with E-state index in [-0.39, 0.29) is 10.8 Å². The van der Waals surface area contributed by atoms with Gasteiger partial charge in [-0.25, -0.2) is 13.4 Å². The second-order valence-electron chi connectivity index (χ2n) is 9.67. The monoisotopic (exact) mass is 528 g/mol. The van der Waals surface area contributed by atoms with E-state index in [0.717, 1.165) is 33.9 Å². The smallest absolute Gasteiger partial charge is 0.253 e. The maximum atomic E-state index is 13.1. The van der Waals surface area contributed by atoms with Crippen molar-refractivity contribution < 1.29 is 17.9 Å². The summed E-state index contributed by atoms with van der Waals surface area (Å²) in [5.41, 5.74) is 2.56. The van der Waals surface area contributed by atoms with Crippen molar-refractivity contribution in [1.29, 1.82) is 0 Å². The summed E-state index contributed by atoms with van der Waals surface area (Å²) >= 11 is 1.65. The molecule has 0 aliphatic carbocycles. The SMILES string of the molecule is COc1ccc(C)c2sc(N3CCN(C(=O)c4ccc(S(=O)(=O)N5CCCC(C)C5)cc4)CC3)nc12. The van der Waals surface area contributed by atoms with E-state index in [9.17, 15) is 13.2 Å². The third-order valence-corrected chi connectivity index (χ3v) is 10.2. The number of carbonyl (C=O) groups excluding carboxylic acids is 1. The molecule has 1 aromatic heterocycles. The van der Waals surface area contributed by atoms with Gasteiger partial charge in [0, 0.05) is 44.8 Å². The van der Waals surface area contributed by atoms with Gasteiger partial charge >= 0.3 is 0 Å². The van der Waals surface area contributed by atoms with E-state index in [1.165, 1.54) is 5.56 Å². The number of methoxy groups -OCH3 is 1. The van der Waals surface area contributed by atoms with E-state index in [1.54, 1.807) is 47.0 Å². The molecule has 2 aliphatic heterocycles. The molecule has 2 aromatic carbocycles. The van der Waals surface area contributed by atoms with Crippen molar-refractivity contribution in [3.8, 4) is 5.75 Å². The van der Waals surface area contributed by atoms with Gasteiger partial charge in [0.15, 0.2) is 5.13 Å². The highest BCUT2D eigenvalue weighted by atomic mass is 32.2. The molecule has 3 aromatic rings. The molecule has 1 unspecified atom stereocenters. The lowest BCUT2D eigenvalue weighted by molar-refractivity contribution is 0.0746. The Morgan fingerprint density at radius 3 is 2.44 bits per heavy atom. The maximum Gasteiger partial charge on any atom is 0.253 e. The Labute approximate surface area is 216 Å². The highest BCUT2D eigenvalue weighted by Crippen LogP contribution is 2.36. The first-order valence-electron chi connectivity index (χ1n) is 12.4. The van der Waals surface area contributed by atoms with Crippen LogP contribution in [0.25, 0.3) is 10.2 Å². The Bertz CT molecular complexity index is 1360. The summed E-state index contributed by atoms with van der Waals surface area (Å²) in [4.78, 5) is 22.2. The van der Waals surface area contributed by atoms with E-state index in [4.69, 9.17) is 9.72 Å². The zero-order chi connectivity index (χ0) is 25.4. The number of nitrogens with zero attached hydrogens (tertiary/aromatic N) is 4. The molecule has 192 valence electrons. The van der Waals surface area contributed by atoms with Gasteiger partial charge in [-0.1, -0.05) is 24.3 Å². The van der Waals surface area contributed by atoms with E-state index >= 15 is 0 Å². The molecule has 10 heteroatoms. The molecule has 0 bridgehead atoms. The summed E-state index contributed by atoms with van der Waals surface area (Å²) < 4.78 is 34.2. The van der Waals surface area contributed by atoms with Crippen molar-refractivity contribution in [2.75, 3.05) is 51.3 Å². The molecule has 8 nitrogen and oxygen atoms in total. The Morgan fingerprint density at radius 1 is 1.06 bits per heavy atom. The number of piperidine rings is 1. The number of ether oxygens (including phenoxy) is 1. The highest BCUT2D eigenvalue weighted by Gasteiger charge is 2.29. The lowest BCUT2D eigenvalue weighted by Crippen LogP contribution is -2.48. The van der Waals surface area contributed by atoms with Crippen molar-refractivity contribution in [3.63, 3.8) is 0 Å². The Kier molecular flexibility index (Phi) is 6.93. The predicted molar refractivity (Wildman–Crippen MR) is 143 cm³/mol. The lowest BCUT2D eigenvalue weighted by atomic mass is 10.0. The molecule has 0 N–H and O–H groups in total. The number of thiazole rings is 1. The van der Waals surface area contributed by atoms with Gasteiger partial charge in [-0.15, -0.1) is 0 Å². The first kappa shape index (κ1) is 25.0. The zero-order valence-corrected chi connectivity index (χ0v) is 22.6. The van der Waals surface area contributed by atoms with Crippen LogP contribution >= 0.6 is 11.3 Å². The van der Waals surface area contributed by atoms with Crippen molar-refractivity contribution in [2.24, 2.45) is 5.92 Å². The van der Waals surface area contributed by atoms with Gasteiger partial charge in [0.1, 0.15) is 11.3 Å². The van der Waals surface area contributed by atoms with Gasteiger partial charge in [-0.2, -0.15) is 4.31 Å². The van der Waals surface area contributed by atoms with Gasteiger partial charge < -0.3 is 14.5 Å². The third-order valence-electron chi connectivity index (χ3n) is 7.11. The molecule has 36 heavy (non-hydrogen) atoms. The fourth-order valence-electron chi connectivity index (χ4n) is 4.96. The number of fused-ring (bicyclic) bond motifs is 1. The molecule has 5 rings (SSSR count). The van der Waals surface area contributed by atoms with Crippen LogP contribution in [0.5, 0.6) is 5.75 Å². The van der Waals surface area contributed by atoms with Crippen molar-refractivity contribution in [1.82, 2.24) is 14.2 Å². The van der Waals surface area contributed by atoms with E-state index in [2.05, 4.69) is 18.7 Å². The van der Waals surface area contributed by atoms with Crippen LogP contribution in [0.2, 0.25) is 0 Å². The van der Waals surface area contributed by atoms with Gasteiger partial charge in [-0.05, 0) is 61.6 Å². The van der Waals surface area contributed by atoms with E-state index < -0.39 is 10.0 Å². The van der Waals surface area contributed by atoms with Crippen LogP contribution in [0.1, 0.15) is 35.7 Å². The molecule has 3 heterocycles. The van der Waals surface area contributed by atoms with Crippen molar-refractivity contribution in [3.05, 3.63) is 47.5 Å². The number of aromatic nitrogens is 1. The number of amides is 1. The Hall–Kier alpha value is -2.69. The summed E-state index contributed by atoms with van der Waals surface area (Å²) in [6.07, 6.45) is 1.94. The van der Waals surface area contributed by atoms with E-state index in [1.807, 2.05) is 17.0 Å². The van der Waals surface area contributed by atoms with Gasteiger partial charge in [-0.3, -0.25) is 4.79 Å². The number of benzene rings is 2. The van der Waals surface area contributed by atoms with Crippen LogP contribution in [0.4, 0.5) is 5.13 Å². The average molecular weight is 529 g/mol. The van der Waals surface area contributed by atoms with Crippen LogP contribution in [0.3, 0.4) is 0 Å². The summed E-state index contributed by atoms with van der Waals surface area (Å²) in [7, 11) is -1.88. The third kappa shape index (κ3) is 4.69. The first-order valence-corrected chi connectivity index (χ1v) is 14.6. The number of sulfonamides is 1. The quantitative estimate of drug-likeness (QED) is 0.498. The van der Waals surface area contributed by atoms with Gasteiger partial charge in [0.25, 0.3) is 5.91 Å². The fourth-order valence-corrected chi connectivity index (χ4v) is 7.67. The number of rotatable bonds is 5. The zero-order valence-electron chi connectivity index (χ0n) is 20.9. The minimum Gasteiger partial charge on any atom is -0.494 e. The molecule has 0 spiro atoms. The summed E-state index contributed by atoms with van der Waals surface area (Å²) in [6, 6.07) is 10.4. The molecule has 2 aliphatic rings. The molecule has 1 amide bonds. The molecular formula is C26H32N4O4S2. The second-order valence-corrected chi connectivity index (χ2v) is 12.6. The normalized spacial score (nSPS) is 19.6. The van der Waals surface area contributed by atoms with Gasteiger partial charge in [0.2, 0.25) is 10.0 Å². The average Bonchev–Trinajstić information content (AvgIpc) is 3.35. The van der Waals surface area contributed by atoms with Crippen LogP contribution in [0, 0.1) is 12.8 Å². The molecule has 2 fully saturated rings. The molecule has 0 radical (unpaired) electrons. The predicted octanol–water partition coefficient (Wildman–Crippen LogP) is 4.00. The standard InChI is InChI=1S/C26H32N4O4S2/c1-18-5-4-12-30(17-18)36(32,33)21-9-7-20(8-10-21)25(31)28-13-15-29(16-14-28)26-27-23-22(34-3)11-6-19(2)24(23)35-26/h6-11,18H,4-5,12-17H2,1-3H3. The highest BCUT2D eigenvalue weighted by molar-refractivity contribution is 7.89. The number of aryl methyl sites for hydroxylation is 1.